The fraction of sp³-hybridized carbons (Fsp3) is 0.609. The molecule has 0 unspecified atom stereocenters. The number of Topliss-reactive ketones (excluding diaryl/α,β-unsaturated/α-hetero) is 1. The molecule has 5 rings (SSSR count). The lowest BCUT2D eigenvalue weighted by molar-refractivity contribution is -0.189. The van der Waals surface area contributed by atoms with Crippen LogP contribution in [0.1, 0.15) is 64.0 Å². The maximum atomic E-state index is 13.4. The van der Waals surface area contributed by atoms with Crippen LogP contribution >= 0.6 is 0 Å². The summed E-state index contributed by atoms with van der Waals surface area (Å²) in [4.78, 5) is 38.9. The summed E-state index contributed by atoms with van der Waals surface area (Å²) < 4.78 is 11.8. The lowest BCUT2D eigenvalue weighted by Gasteiger charge is -2.37. The fourth-order valence-corrected chi connectivity index (χ4v) is 6.26. The molecular weight excluding hydrogens is 356 g/mol. The van der Waals surface area contributed by atoms with Crippen molar-refractivity contribution in [2.24, 2.45) is 10.8 Å². The Balaban J connectivity index is 1.50. The number of esters is 2. The van der Waals surface area contributed by atoms with Crippen LogP contribution in [0.4, 0.5) is 0 Å². The molecular formula is C23H26O5. The SMILES string of the molecule is CC1(C)[C@@]2(C)CC[C@]1(C(=O)O[C@H]1CCC(=O)[C@@]13CCc1ccccc13)OC2=O. The van der Waals surface area contributed by atoms with Crippen LogP contribution in [0.5, 0.6) is 0 Å². The number of benzene rings is 1. The molecule has 0 aromatic heterocycles. The smallest absolute Gasteiger partial charge is 0.351 e. The van der Waals surface area contributed by atoms with Crippen LogP contribution in [-0.4, -0.2) is 29.4 Å². The van der Waals surface area contributed by atoms with E-state index in [0.29, 0.717) is 32.1 Å². The van der Waals surface area contributed by atoms with Crippen LogP contribution in [0.2, 0.25) is 0 Å². The van der Waals surface area contributed by atoms with Crippen molar-refractivity contribution >= 4 is 17.7 Å². The van der Waals surface area contributed by atoms with Crippen molar-refractivity contribution in [3.63, 3.8) is 0 Å². The van der Waals surface area contributed by atoms with E-state index in [1.807, 2.05) is 39.0 Å². The molecule has 2 saturated carbocycles. The van der Waals surface area contributed by atoms with E-state index in [1.165, 1.54) is 0 Å². The van der Waals surface area contributed by atoms with E-state index >= 15 is 0 Å². The predicted molar refractivity (Wildman–Crippen MR) is 101 cm³/mol. The number of hydrogen-bond donors (Lipinski definition) is 0. The summed E-state index contributed by atoms with van der Waals surface area (Å²) in [7, 11) is 0. The van der Waals surface area contributed by atoms with Crippen molar-refractivity contribution in [1.29, 1.82) is 0 Å². The molecule has 2 bridgehead atoms. The second-order valence-electron chi connectivity index (χ2n) is 9.66. The number of carbonyl (C=O) groups is 3. The Morgan fingerprint density at radius 1 is 1.07 bits per heavy atom. The van der Waals surface area contributed by atoms with E-state index in [0.717, 1.165) is 17.5 Å². The molecule has 1 aromatic rings. The standard InChI is InChI=1S/C23H26O5/c1-20(2)21(3)12-13-23(20,28-18(21)25)19(26)27-17-9-8-16(24)22(17)11-10-14-6-4-5-7-15(14)22/h4-7,17H,8-13H2,1-3H3/t17-,21-,22-,23+/m0/s1. The minimum atomic E-state index is -1.25. The molecule has 0 N–H and O–H groups in total. The lowest BCUT2D eigenvalue weighted by atomic mass is 9.66. The number of ether oxygens (including phenoxy) is 2. The van der Waals surface area contributed by atoms with Gasteiger partial charge in [0.25, 0.3) is 0 Å². The summed E-state index contributed by atoms with van der Waals surface area (Å²) in [5.74, 6) is -0.633. The van der Waals surface area contributed by atoms with Crippen LogP contribution in [0.3, 0.4) is 0 Å². The van der Waals surface area contributed by atoms with Gasteiger partial charge in [0, 0.05) is 11.8 Å². The molecule has 3 aliphatic carbocycles. The Bertz CT molecular complexity index is 917. The van der Waals surface area contributed by atoms with Gasteiger partial charge in [0.2, 0.25) is 5.60 Å². The Hall–Kier alpha value is -2.17. The minimum Gasteiger partial charge on any atom is -0.458 e. The van der Waals surface area contributed by atoms with E-state index in [9.17, 15) is 14.4 Å². The molecule has 1 aromatic carbocycles. The molecule has 1 spiro atoms. The molecule has 1 saturated heterocycles. The van der Waals surface area contributed by atoms with Crippen LogP contribution in [0, 0.1) is 10.8 Å². The zero-order chi connectivity index (χ0) is 19.9. The summed E-state index contributed by atoms with van der Waals surface area (Å²) in [6.45, 7) is 5.73. The van der Waals surface area contributed by atoms with Gasteiger partial charge in [-0.25, -0.2) is 4.79 Å². The molecule has 4 aliphatic rings. The third kappa shape index (κ3) is 1.77. The molecule has 0 amide bonds. The quantitative estimate of drug-likeness (QED) is 0.735. The molecule has 28 heavy (non-hydrogen) atoms. The van der Waals surface area contributed by atoms with Gasteiger partial charge < -0.3 is 9.47 Å². The molecule has 5 nitrogen and oxygen atoms in total. The average molecular weight is 382 g/mol. The van der Waals surface area contributed by atoms with E-state index < -0.39 is 33.9 Å². The monoisotopic (exact) mass is 382 g/mol. The zero-order valence-electron chi connectivity index (χ0n) is 16.7. The van der Waals surface area contributed by atoms with Gasteiger partial charge in [0.15, 0.2) is 0 Å². The topological polar surface area (TPSA) is 69.7 Å². The van der Waals surface area contributed by atoms with Crippen molar-refractivity contribution in [3.05, 3.63) is 35.4 Å². The Kier molecular flexibility index (Phi) is 3.35. The van der Waals surface area contributed by atoms with Gasteiger partial charge in [-0.3, -0.25) is 9.59 Å². The molecule has 1 aliphatic heterocycles. The summed E-state index contributed by atoms with van der Waals surface area (Å²) >= 11 is 0. The first-order valence-corrected chi connectivity index (χ1v) is 10.3. The highest BCUT2D eigenvalue weighted by molar-refractivity contribution is 5.96. The molecule has 148 valence electrons. The number of rotatable bonds is 2. The number of carbonyl (C=O) groups excluding carboxylic acids is 3. The van der Waals surface area contributed by atoms with Crippen molar-refractivity contribution in [2.75, 3.05) is 0 Å². The lowest BCUT2D eigenvalue weighted by Crippen LogP contribution is -2.52. The normalized spacial score (nSPS) is 40.0. The van der Waals surface area contributed by atoms with Gasteiger partial charge in [-0.1, -0.05) is 38.1 Å². The molecule has 3 fully saturated rings. The van der Waals surface area contributed by atoms with Gasteiger partial charge in [-0.05, 0) is 50.2 Å². The van der Waals surface area contributed by atoms with E-state index in [-0.39, 0.29) is 11.8 Å². The number of aryl methyl sites for hydroxylation is 1. The number of fused-ring (bicyclic) bond motifs is 4. The van der Waals surface area contributed by atoms with Crippen LogP contribution in [0.25, 0.3) is 0 Å². The molecule has 5 heteroatoms. The van der Waals surface area contributed by atoms with Crippen molar-refractivity contribution in [1.82, 2.24) is 0 Å². The summed E-state index contributed by atoms with van der Waals surface area (Å²) in [5, 5.41) is 0. The number of hydrogen-bond acceptors (Lipinski definition) is 5. The summed E-state index contributed by atoms with van der Waals surface area (Å²) in [5.41, 5.74) is -1.13. The predicted octanol–water partition coefficient (Wildman–Crippen LogP) is 3.27. The fourth-order valence-electron chi connectivity index (χ4n) is 6.26. The summed E-state index contributed by atoms with van der Waals surface area (Å²) in [6, 6.07) is 7.98. The van der Waals surface area contributed by atoms with Gasteiger partial charge >= 0.3 is 11.9 Å². The van der Waals surface area contributed by atoms with Crippen LogP contribution in [0.15, 0.2) is 24.3 Å². The third-order valence-corrected chi connectivity index (χ3v) is 8.63. The van der Waals surface area contributed by atoms with Gasteiger partial charge in [0.1, 0.15) is 11.9 Å². The third-order valence-electron chi connectivity index (χ3n) is 8.63. The zero-order valence-corrected chi connectivity index (χ0v) is 16.7. The van der Waals surface area contributed by atoms with E-state index in [4.69, 9.17) is 9.47 Å². The van der Waals surface area contributed by atoms with Crippen LogP contribution in [-0.2, 0) is 35.7 Å². The van der Waals surface area contributed by atoms with Gasteiger partial charge in [0.05, 0.1) is 10.8 Å². The maximum absolute atomic E-state index is 13.4. The maximum Gasteiger partial charge on any atom is 0.351 e. The highest BCUT2D eigenvalue weighted by Gasteiger charge is 2.77. The summed E-state index contributed by atoms with van der Waals surface area (Å²) in [6.07, 6.45) is 3.04. The van der Waals surface area contributed by atoms with Crippen molar-refractivity contribution in [3.8, 4) is 0 Å². The average Bonchev–Trinajstić information content (AvgIpc) is 3.30. The van der Waals surface area contributed by atoms with Gasteiger partial charge in [-0.2, -0.15) is 0 Å². The molecule has 0 radical (unpaired) electrons. The van der Waals surface area contributed by atoms with Gasteiger partial charge in [-0.15, -0.1) is 0 Å². The first-order valence-electron chi connectivity index (χ1n) is 10.3. The number of ketones is 1. The largest absolute Gasteiger partial charge is 0.458 e. The molecule has 4 atom stereocenters. The van der Waals surface area contributed by atoms with Crippen molar-refractivity contribution < 1.29 is 23.9 Å². The second-order valence-corrected chi connectivity index (χ2v) is 9.66. The Morgan fingerprint density at radius 3 is 2.50 bits per heavy atom. The van der Waals surface area contributed by atoms with E-state index in [2.05, 4.69) is 6.07 Å². The highest BCUT2D eigenvalue weighted by atomic mass is 16.6. The minimum absolute atomic E-state index is 0.159. The Labute approximate surface area is 164 Å². The highest BCUT2D eigenvalue weighted by Crippen LogP contribution is 2.66. The molecule has 1 heterocycles. The first-order chi connectivity index (χ1) is 13.2. The Morgan fingerprint density at radius 2 is 1.82 bits per heavy atom. The second kappa shape index (κ2) is 5.25. The van der Waals surface area contributed by atoms with Crippen molar-refractivity contribution in [2.45, 2.75) is 76.4 Å². The van der Waals surface area contributed by atoms with E-state index in [1.54, 1.807) is 0 Å². The van der Waals surface area contributed by atoms with Crippen LogP contribution < -0.4 is 0 Å². The first kappa shape index (κ1) is 17.9.